The lowest BCUT2D eigenvalue weighted by Crippen LogP contribution is -2.26. The van der Waals surface area contributed by atoms with Gasteiger partial charge in [-0.3, -0.25) is 4.79 Å². The number of amides is 1. The van der Waals surface area contributed by atoms with Crippen molar-refractivity contribution < 1.29 is 4.79 Å². The Bertz CT molecular complexity index is 346. The van der Waals surface area contributed by atoms with E-state index in [0.29, 0.717) is 18.9 Å². The molecule has 1 heterocycles. The van der Waals surface area contributed by atoms with E-state index in [1.54, 1.807) is 0 Å². The molecule has 0 radical (unpaired) electrons. The van der Waals surface area contributed by atoms with Crippen LogP contribution < -0.4 is 5.32 Å². The van der Waals surface area contributed by atoms with Gasteiger partial charge in [0.25, 0.3) is 0 Å². The van der Waals surface area contributed by atoms with Crippen molar-refractivity contribution in [2.45, 2.75) is 25.8 Å². The summed E-state index contributed by atoms with van der Waals surface area (Å²) < 4.78 is 0. The number of benzene rings is 1. The largest absolute Gasteiger partial charge is 0.352 e. The minimum absolute atomic E-state index is 0.200. The Labute approximate surface area is 107 Å². The van der Waals surface area contributed by atoms with Gasteiger partial charge < -0.3 is 5.32 Å². The van der Waals surface area contributed by atoms with Crippen LogP contribution in [0.4, 0.5) is 0 Å². The van der Waals surface area contributed by atoms with Crippen LogP contribution >= 0.6 is 11.8 Å². The first kappa shape index (κ1) is 12.5. The highest BCUT2D eigenvalue weighted by molar-refractivity contribution is 7.99. The summed E-state index contributed by atoms with van der Waals surface area (Å²) in [5.74, 6) is 3.24. The number of carbonyl (C=O) groups is 1. The molecule has 1 saturated heterocycles. The van der Waals surface area contributed by atoms with Gasteiger partial charge in [0.2, 0.25) is 5.91 Å². The summed E-state index contributed by atoms with van der Waals surface area (Å²) in [5, 5.41) is 3.00. The van der Waals surface area contributed by atoms with Gasteiger partial charge in [-0.2, -0.15) is 11.8 Å². The number of hydrogen-bond donors (Lipinski definition) is 1. The van der Waals surface area contributed by atoms with Gasteiger partial charge in [-0.25, -0.2) is 0 Å². The molecule has 0 unspecified atom stereocenters. The van der Waals surface area contributed by atoms with Crippen LogP contribution in [0.1, 0.15) is 24.8 Å². The number of carbonyl (C=O) groups excluding carboxylic acids is 1. The quantitative estimate of drug-likeness (QED) is 0.889. The van der Waals surface area contributed by atoms with Gasteiger partial charge in [0.1, 0.15) is 0 Å². The Morgan fingerprint density at radius 2 is 1.94 bits per heavy atom. The highest BCUT2D eigenvalue weighted by Crippen LogP contribution is 2.25. The molecule has 1 amide bonds. The number of nitrogens with one attached hydrogen (secondary N) is 1. The molecule has 92 valence electrons. The van der Waals surface area contributed by atoms with Gasteiger partial charge in [-0.15, -0.1) is 0 Å². The van der Waals surface area contributed by atoms with Crippen molar-refractivity contribution in [1.29, 1.82) is 0 Å². The molecule has 1 aliphatic rings. The van der Waals surface area contributed by atoms with Gasteiger partial charge >= 0.3 is 0 Å². The molecule has 0 bridgehead atoms. The van der Waals surface area contributed by atoms with E-state index in [-0.39, 0.29) is 5.91 Å². The summed E-state index contributed by atoms with van der Waals surface area (Å²) >= 11 is 2.00. The normalized spacial score (nSPS) is 16.7. The summed E-state index contributed by atoms with van der Waals surface area (Å²) in [6.07, 6.45) is 3.10. The zero-order chi connectivity index (χ0) is 11.9. The van der Waals surface area contributed by atoms with E-state index in [1.807, 2.05) is 42.1 Å². The zero-order valence-corrected chi connectivity index (χ0v) is 10.8. The standard InChI is InChI=1S/C14H19NOS/c16-14(10-12-6-8-17-9-7-12)15-11-13-4-2-1-3-5-13/h1-5,12H,6-11H2,(H,15,16). The maximum atomic E-state index is 11.8. The minimum Gasteiger partial charge on any atom is -0.352 e. The highest BCUT2D eigenvalue weighted by atomic mass is 32.2. The third-order valence-corrected chi connectivity index (χ3v) is 4.20. The first-order chi connectivity index (χ1) is 8.34. The van der Waals surface area contributed by atoms with Crippen molar-refractivity contribution in [3.8, 4) is 0 Å². The number of rotatable bonds is 4. The molecule has 0 saturated carbocycles. The van der Waals surface area contributed by atoms with Gasteiger partial charge in [0.05, 0.1) is 0 Å². The maximum absolute atomic E-state index is 11.8. The van der Waals surface area contributed by atoms with Crippen molar-refractivity contribution >= 4 is 17.7 Å². The van der Waals surface area contributed by atoms with Crippen LogP contribution in [0.15, 0.2) is 30.3 Å². The van der Waals surface area contributed by atoms with E-state index in [2.05, 4.69) is 5.32 Å². The van der Waals surface area contributed by atoms with Crippen LogP contribution in [-0.2, 0) is 11.3 Å². The lowest BCUT2D eigenvalue weighted by atomic mass is 9.98. The second kappa shape index (κ2) is 6.70. The first-order valence-corrected chi connectivity index (χ1v) is 7.38. The predicted molar refractivity (Wildman–Crippen MR) is 73.0 cm³/mol. The summed E-state index contributed by atoms with van der Waals surface area (Å²) in [6.45, 7) is 0.654. The highest BCUT2D eigenvalue weighted by Gasteiger charge is 2.16. The summed E-state index contributed by atoms with van der Waals surface area (Å²) in [5.41, 5.74) is 1.17. The van der Waals surface area contributed by atoms with Gasteiger partial charge in [-0.1, -0.05) is 30.3 Å². The lowest BCUT2D eigenvalue weighted by Gasteiger charge is -2.20. The van der Waals surface area contributed by atoms with Crippen LogP contribution in [0.2, 0.25) is 0 Å². The fraction of sp³-hybridized carbons (Fsp3) is 0.500. The fourth-order valence-corrected chi connectivity index (χ4v) is 3.29. The molecule has 2 rings (SSSR count). The lowest BCUT2D eigenvalue weighted by molar-refractivity contribution is -0.122. The van der Waals surface area contributed by atoms with Crippen molar-refractivity contribution in [3.05, 3.63) is 35.9 Å². The van der Waals surface area contributed by atoms with E-state index < -0.39 is 0 Å². The Balaban J connectivity index is 1.70. The summed E-state index contributed by atoms with van der Waals surface area (Å²) in [6, 6.07) is 10.1. The Morgan fingerprint density at radius 3 is 2.65 bits per heavy atom. The average Bonchev–Trinajstić information content (AvgIpc) is 2.39. The van der Waals surface area contributed by atoms with E-state index in [9.17, 15) is 4.79 Å². The number of thioether (sulfide) groups is 1. The predicted octanol–water partition coefficient (Wildman–Crippen LogP) is 2.84. The fourth-order valence-electron chi connectivity index (χ4n) is 2.08. The molecule has 0 aliphatic carbocycles. The van der Waals surface area contributed by atoms with Crippen molar-refractivity contribution in [3.63, 3.8) is 0 Å². The summed E-state index contributed by atoms with van der Waals surface area (Å²) in [7, 11) is 0. The van der Waals surface area contributed by atoms with Crippen molar-refractivity contribution in [2.75, 3.05) is 11.5 Å². The minimum atomic E-state index is 0.200. The SMILES string of the molecule is O=C(CC1CCSCC1)NCc1ccccc1. The molecule has 0 aromatic heterocycles. The molecule has 17 heavy (non-hydrogen) atoms. The molecule has 0 atom stereocenters. The van der Waals surface area contributed by atoms with Gasteiger partial charge in [-0.05, 0) is 35.8 Å². The Morgan fingerprint density at radius 1 is 1.24 bits per heavy atom. The second-order valence-electron chi connectivity index (χ2n) is 4.52. The van der Waals surface area contributed by atoms with E-state index >= 15 is 0 Å². The molecule has 1 aromatic rings. The van der Waals surface area contributed by atoms with E-state index in [1.165, 1.54) is 29.9 Å². The Hall–Kier alpha value is -0.960. The monoisotopic (exact) mass is 249 g/mol. The van der Waals surface area contributed by atoms with Gasteiger partial charge in [0, 0.05) is 13.0 Å². The molecular formula is C14H19NOS. The van der Waals surface area contributed by atoms with Crippen LogP contribution in [0, 0.1) is 5.92 Å². The average molecular weight is 249 g/mol. The zero-order valence-electron chi connectivity index (χ0n) is 10.0. The molecule has 1 N–H and O–H groups in total. The summed E-state index contributed by atoms with van der Waals surface area (Å²) in [4.78, 5) is 11.8. The molecule has 1 fully saturated rings. The second-order valence-corrected chi connectivity index (χ2v) is 5.75. The van der Waals surface area contributed by atoms with Crippen molar-refractivity contribution in [2.24, 2.45) is 5.92 Å². The Kier molecular flexibility index (Phi) is 4.92. The van der Waals surface area contributed by atoms with Gasteiger partial charge in [0.15, 0.2) is 0 Å². The van der Waals surface area contributed by atoms with Crippen LogP contribution in [0.3, 0.4) is 0 Å². The van der Waals surface area contributed by atoms with E-state index in [4.69, 9.17) is 0 Å². The number of hydrogen-bond acceptors (Lipinski definition) is 2. The molecule has 1 aromatic carbocycles. The van der Waals surface area contributed by atoms with Crippen molar-refractivity contribution in [1.82, 2.24) is 5.32 Å². The molecule has 1 aliphatic heterocycles. The van der Waals surface area contributed by atoms with E-state index in [0.717, 1.165) is 0 Å². The smallest absolute Gasteiger partial charge is 0.220 e. The third kappa shape index (κ3) is 4.43. The third-order valence-electron chi connectivity index (χ3n) is 3.15. The molecule has 0 spiro atoms. The topological polar surface area (TPSA) is 29.1 Å². The molecule has 2 nitrogen and oxygen atoms in total. The first-order valence-electron chi connectivity index (χ1n) is 6.23. The molecule has 3 heteroatoms. The molecular weight excluding hydrogens is 230 g/mol. The van der Waals surface area contributed by atoms with Crippen LogP contribution in [0.25, 0.3) is 0 Å². The van der Waals surface area contributed by atoms with Crippen LogP contribution in [-0.4, -0.2) is 17.4 Å². The maximum Gasteiger partial charge on any atom is 0.220 e. The van der Waals surface area contributed by atoms with Crippen LogP contribution in [0.5, 0.6) is 0 Å².